The summed E-state index contributed by atoms with van der Waals surface area (Å²) in [6, 6.07) is 6.15. The third-order valence-corrected chi connectivity index (χ3v) is 3.71. The van der Waals surface area contributed by atoms with Gasteiger partial charge in [0.2, 0.25) is 0 Å². The first-order valence-corrected chi connectivity index (χ1v) is 6.24. The van der Waals surface area contributed by atoms with Crippen molar-refractivity contribution in [2.75, 3.05) is 5.73 Å². The maximum atomic E-state index is 5.73. The summed E-state index contributed by atoms with van der Waals surface area (Å²) in [5, 5.41) is 10.4. The maximum absolute atomic E-state index is 5.73. The second-order valence-electron chi connectivity index (χ2n) is 3.97. The lowest BCUT2D eigenvalue weighted by Crippen LogP contribution is -1.86. The number of nitrogens with one attached hydrogen (secondary N) is 1. The maximum Gasteiger partial charge on any atom is 0.174 e. The Morgan fingerprint density at radius 2 is 2.00 bits per heavy atom. The lowest BCUT2D eigenvalue weighted by atomic mass is 10.2. The Labute approximate surface area is 108 Å². The van der Waals surface area contributed by atoms with E-state index in [0.29, 0.717) is 11.5 Å². The van der Waals surface area contributed by atoms with Gasteiger partial charge < -0.3 is 5.73 Å². The predicted octanol–water partition coefficient (Wildman–Crippen LogP) is 2.49. The fourth-order valence-electron chi connectivity index (χ4n) is 1.73. The molecule has 3 N–H and O–H groups in total. The Kier molecular flexibility index (Phi) is 2.56. The molecule has 3 aromatic heterocycles. The van der Waals surface area contributed by atoms with Crippen LogP contribution in [0.4, 0.5) is 5.82 Å². The summed E-state index contributed by atoms with van der Waals surface area (Å²) in [5.74, 6) is 0.422. The van der Waals surface area contributed by atoms with Crippen LogP contribution in [0.3, 0.4) is 0 Å². The molecule has 90 valence electrons. The highest BCUT2D eigenvalue weighted by atomic mass is 32.1. The lowest BCUT2D eigenvalue weighted by molar-refractivity contribution is 0.946. The summed E-state index contributed by atoms with van der Waals surface area (Å²) in [6.45, 7) is 2.03. The van der Waals surface area contributed by atoms with Crippen molar-refractivity contribution in [1.29, 1.82) is 0 Å². The zero-order valence-electron chi connectivity index (χ0n) is 9.71. The third kappa shape index (κ3) is 1.86. The Hall–Kier alpha value is -2.21. The molecule has 0 aromatic carbocycles. The average Bonchev–Trinajstić information content (AvgIpc) is 2.97. The zero-order valence-corrected chi connectivity index (χ0v) is 10.5. The number of pyridine rings is 1. The van der Waals surface area contributed by atoms with Crippen LogP contribution in [0.5, 0.6) is 0 Å². The number of nitrogens with two attached hydrogens (primary N) is 1. The molecule has 5 nitrogen and oxygen atoms in total. The minimum absolute atomic E-state index is 0.422. The van der Waals surface area contributed by atoms with Crippen LogP contribution >= 0.6 is 11.3 Å². The number of nitrogen functional groups attached to an aromatic ring is 1. The molecule has 0 amide bonds. The second kappa shape index (κ2) is 4.23. The molecule has 6 heteroatoms. The number of rotatable bonds is 2. The van der Waals surface area contributed by atoms with Crippen LogP contribution in [0, 0.1) is 6.92 Å². The van der Waals surface area contributed by atoms with E-state index in [9.17, 15) is 0 Å². The molecule has 0 aliphatic carbocycles. The highest BCUT2D eigenvalue weighted by Gasteiger charge is 2.11. The van der Waals surface area contributed by atoms with E-state index < -0.39 is 0 Å². The molecule has 3 aromatic rings. The van der Waals surface area contributed by atoms with Gasteiger partial charge in [0.25, 0.3) is 0 Å². The highest BCUT2D eigenvalue weighted by Crippen LogP contribution is 2.34. The molecule has 0 aliphatic heterocycles. The standard InChI is InChI=1S/C12H11N5S/c1-7-4-8(6-14-5-7)9-2-3-10(18-9)11-12(13)16-17-15-11/h2-6H,1H3,(H3,13,15,16,17). The van der Waals surface area contributed by atoms with Gasteiger partial charge in [-0.25, -0.2) is 0 Å². The van der Waals surface area contributed by atoms with Gasteiger partial charge in [0.15, 0.2) is 5.82 Å². The zero-order chi connectivity index (χ0) is 12.5. The topological polar surface area (TPSA) is 80.5 Å². The van der Waals surface area contributed by atoms with E-state index >= 15 is 0 Å². The molecule has 0 fully saturated rings. The van der Waals surface area contributed by atoms with Crippen molar-refractivity contribution in [1.82, 2.24) is 20.4 Å². The molecular weight excluding hydrogens is 246 g/mol. The first-order chi connectivity index (χ1) is 8.74. The third-order valence-electron chi connectivity index (χ3n) is 2.57. The lowest BCUT2D eigenvalue weighted by Gasteiger charge is -1.97. The van der Waals surface area contributed by atoms with Crippen molar-refractivity contribution < 1.29 is 0 Å². The van der Waals surface area contributed by atoms with E-state index in [-0.39, 0.29) is 0 Å². The molecular formula is C12H11N5S. The van der Waals surface area contributed by atoms with Gasteiger partial charge in [-0.3, -0.25) is 4.98 Å². The van der Waals surface area contributed by atoms with Crippen molar-refractivity contribution in [2.24, 2.45) is 0 Å². The summed E-state index contributed by atoms with van der Waals surface area (Å²) >= 11 is 1.62. The van der Waals surface area contributed by atoms with Gasteiger partial charge in [-0.2, -0.15) is 10.3 Å². The smallest absolute Gasteiger partial charge is 0.174 e. The molecule has 0 spiro atoms. The highest BCUT2D eigenvalue weighted by molar-refractivity contribution is 7.18. The van der Waals surface area contributed by atoms with Crippen molar-refractivity contribution in [2.45, 2.75) is 6.92 Å². The molecule has 0 saturated carbocycles. The van der Waals surface area contributed by atoms with E-state index in [1.807, 2.05) is 31.5 Å². The minimum Gasteiger partial charge on any atom is -0.380 e. The average molecular weight is 257 g/mol. The second-order valence-corrected chi connectivity index (χ2v) is 5.06. The molecule has 3 rings (SSSR count). The Balaban J connectivity index is 2.02. The van der Waals surface area contributed by atoms with Crippen molar-refractivity contribution >= 4 is 17.2 Å². The number of hydrogen-bond acceptors (Lipinski definition) is 5. The van der Waals surface area contributed by atoms with E-state index in [1.165, 1.54) is 0 Å². The fraction of sp³-hybridized carbons (Fsp3) is 0.0833. The Morgan fingerprint density at radius 1 is 1.17 bits per heavy atom. The van der Waals surface area contributed by atoms with Gasteiger partial charge >= 0.3 is 0 Å². The largest absolute Gasteiger partial charge is 0.380 e. The van der Waals surface area contributed by atoms with Crippen LogP contribution in [0.1, 0.15) is 5.56 Å². The van der Waals surface area contributed by atoms with Gasteiger partial charge in [0.05, 0.1) is 4.88 Å². The van der Waals surface area contributed by atoms with Crippen LogP contribution in [0.25, 0.3) is 21.0 Å². The van der Waals surface area contributed by atoms with Crippen LogP contribution in [-0.4, -0.2) is 20.4 Å². The van der Waals surface area contributed by atoms with Crippen molar-refractivity contribution in [3.8, 4) is 21.0 Å². The van der Waals surface area contributed by atoms with E-state index in [2.05, 4.69) is 26.5 Å². The Morgan fingerprint density at radius 3 is 2.72 bits per heavy atom. The van der Waals surface area contributed by atoms with Crippen molar-refractivity contribution in [3.63, 3.8) is 0 Å². The van der Waals surface area contributed by atoms with Gasteiger partial charge in [0, 0.05) is 22.8 Å². The molecule has 0 unspecified atom stereocenters. The molecule has 0 radical (unpaired) electrons. The Bertz CT molecular complexity index is 685. The molecule has 0 aliphatic rings. The SMILES string of the molecule is Cc1cncc(-c2ccc(-c3n[nH]nc3N)s2)c1. The number of hydrogen-bond donors (Lipinski definition) is 2. The molecule has 0 bridgehead atoms. The van der Waals surface area contributed by atoms with Gasteiger partial charge in [0.1, 0.15) is 5.69 Å². The van der Waals surface area contributed by atoms with Gasteiger partial charge in [-0.15, -0.1) is 16.4 Å². The van der Waals surface area contributed by atoms with Gasteiger partial charge in [-0.05, 0) is 30.7 Å². The molecule has 0 saturated heterocycles. The number of aromatic amines is 1. The first-order valence-electron chi connectivity index (χ1n) is 5.42. The normalized spacial score (nSPS) is 10.7. The molecule has 3 heterocycles. The fourth-order valence-corrected chi connectivity index (χ4v) is 2.72. The number of nitrogens with zero attached hydrogens (tertiary/aromatic N) is 3. The number of thiophene rings is 1. The number of H-pyrrole nitrogens is 1. The summed E-state index contributed by atoms with van der Waals surface area (Å²) in [5.41, 5.74) is 8.68. The number of aromatic nitrogens is 4. The van der Waals surface area contributed by atoms with Crippen molar-refractivity contribution in [3.05, 3.63) is 36.2 Å². The number of anilines is 1. The molecule has 18 heavy (non-hydrogen) atoms. The van der Waals surface area contributed by atoms with Crippen LogP contribution < -0.4 is 5.73 Å². The summed E-state index contributed by atoms with van der Waals surface area (Å²) < 4.78 is 0. The summed E-state index contributed by atoms with van der Waals surface area (Å²) in [6.07, 6.45) is 3.70. The van der Waals surface area contributed by atoms with Crippen LogP contribution in [0.2, 0.25) is 0 Å². The van der Waals surface area contributed by atoms with E-state index in [4.69, 9.17) is 5.73 Å². The summed E-state index contributed by atoms with van der Waals surface area (Å²) in [4.78, 5) is 6.34. The van der Waals surface area contributed by atoms with E-state index in [0.717, 1.165) is 20.9 Å². The van der Waals surface area contributed by atoms with Crippen LogP contribution in [0.15, 0.2) is 30.6 Å². The minimum atomic E-state index is 0.422. The van der Waals surface area contributed by atoms with Gasteiger partial charge in [-0.1, -0.05) is 0 Å². The first kappa shape index (κ1) is 10.9. The predicted molar refractivity (Wildman–Crippen MR) is 72.1 cm³/mol. The quantitative estimate of drug-likeness (QED) is 0.739. The summed E-state index contributed by atoms with van der Waals surface area (Å²) in [7, 11) is 0. The molecule has 0 atom stereocenters. The number of aryl methyl sites for hydroxylation is 1. The van der Waals surface area contributed by atoms with E-state index in [1.54, 1.807) is 11.3 Å². The monoisotopic (exact) mass is 257 g/mol. The van der Waals surface area contributed by atoms with Crippen LogP contribution in [-0.2, 0) is 0 Å².